The zero-order valence-corrected chi connectivity index (χ0v) is 6.80. The molecule has 3 N–H and O–H groups in total. The Labute approximate surface area is 69.0 Å². The average molecular weight is 179 g/mol. The minimum Gasteiger partial charge on any atom is -0.351 e. The molecule has 0 saturated heterocycles. The largest absolute Gasteiger partial charge is 0.351 e. The summed E-state index contributed by atoms with van der Waals surface area (Å²) in [6.45, 7) is 2.25. The van der Waals surface area contributed by atoms with Gasteiger partial charge < -0.3 is 5.73 Å². The molecule has 11 heavy (non-hydrogen) atoms. The van der Waals surface area contributed by atoms with Crippen molar-refractivity contribution in [3.8, 4) is 0 Å². The molecule has 0 heterocycles. The Morgan fingerprint density at radius 1 is 1.82 bits per heavy atom. The van der Waals surface area contributed by atoms with Crippen LogP contribution in [-0.2, 0) is 9.88 Å². The van der Waals surface area contributed by atoms with E-state index in [2.05, 4.69) is 27.5 Å². The number of amidine groups is 1. The molecule has 0 aromatic rings. The van der Waals surface area contributed by atoms with E-state index in [1.807, 2.05) is 0 Å². The van der Waals surface area contributed by atoms with Crippen LogP contribution >= 0.6 is 12.6 Å². The van der Waals surface area contributed by atoms with Crippen molar-refractivity contribution >= 4 is 23.9 Å². The highest BCUT2D eigenvalue weighted by Crippen LogP contribution is 1.79. The van der Waals surface area contributed by atoms with Gasteiger partial charge in [-0.3, -0.25) is 9.68 Å². The summed E-state index contributed by atoms with van der Waals surface area (Å²) in [6, 6.07) is -0.158. The first kappa shape index (κ1) is 10.0. The summed E-state index contributed by atoms with van der Waals surface area (Å²) in [5, 5.41) is -0.686. The quantitative estimate of drug-likeness (QED) is 0.184. The van der Waals surface area contributed by atoms with E-state index >= 15 is 0 Å². The smallest absolute Gasteiger partial charge is 0.322 e. The number of thiol groups is 1. The Kier molecular flexibility index (Phi) is 5.30. The highest BCUT2D eigenvalue weighted by atomic mass is 32.1. The molecule has 0 rings (SSSR count). The zero-order chi connectivity index (χ0) is 8.69. The van der Waals surface area contributed by atoms with E-state index < -0.39 is 5.24 Å². The number of carbonyl (C=O) groups is 1. The molecule has 0 aliphatic carbocycles. The third-order valence-corrected chi connectivity index (χ3v) is 0.661. The Bertz CT molecular complexity index is 161. The molecule has 7 heteroatoms. The van der Waals surface area contributed by atoms with Crippen LogP contribution in [0.4, 0.5) is 4.79 Å². The number of aliphatic imine (C=N–C) groups is 1. The molecule has 1 amide bonds. The lowest BCUT2D eigenvalue weighted by atomic mass is 10.8. The number of hydroxylamine groups is 1. The van der Waals surface area contributed by atoms with Gasteiger partial charge in [-0.05, 0) is 6.92 Å². The predicted octanol–water partition coefficient (Wildman–Crippen LogP) is -0.176. The summed E-state index contributed by atoms with van der Waals surface area (Å²) in [6.07, 6.45) is 0. The molecular weight excluding hydrogens is 170 g/mol. The first-order valence-electron chi connectivity index (χ1n) is 2.79. The van der Waals surface area contributed by atoms with Crippen LogP contribution in [0, 0.1) is 0 Å². The lowest BCUT2D eigenvalue weighted by Gasteiger charge is -2.00. The average Bonchev–Trinajstić information content (AvgIpc) is 1.87. The monoisotopic (exact) mass is 179 g/mol. The lowest BCUT2D eigenvalue weighted by molar-refractivity contribution is -0.256. The second-order valence-electron chi connectivity index (χ2n) is 1.39. The number of hydrogen-bond acceptors (Lipinski definition) is 4. The van der Waals surface area contributed by atoms with Crippen LogP contribution in [-0.4, -0.2) is 17.8 Å². The first-order chi connectivity index (χ1) is 5.16. The number of hydrogen-bond donors (Lipinski definition) is 3. The van der Waals surface area contributed by atoms with Crippen LogP contribution in [0.3, 0.4) is 0 Å². The number of carbonyl (C=O) groups excluding carboxylic acids is 1. The second-order valence-corrected chi connectivity index (χ2v) is 1.79. The van der Waals surface area contributed by atoms with Gasteiger partial charge in [0.1, 0.15) is 0 Å². The molecule has 0 aliphatic heterocycles. The van der Waals surface area contributed by atoms with Crippen molar-refractivity contribution in [3.05, 3.63) is 0 Å². The van der Waals surface area contributed by atoms with Gasteiger partial charge in [0.05, 0.1) is 0 Å². The van der Waals surface area contributed by atoms with Crippen LogP contribution < -0.4 is 11.2 Å². The van der Waals surface area contributed by atoms with Crippen molar-refractivity contribution in [2.45, 2.75) is 6.92 Å². The molecular formula is C4H9N3O3S. The van der Waals surface area contributed by atoms with E-state index in [0.717, 1.165) is 0 Å². The Balaban J connectivity index is 3.38. The van der Waals surface area contributed by atoms with Gasteiger partial charge >= 0.3 is 11.3 Å². The van der Waals surface area contributed by atoms with E-state index in [1.54, 1.807) is 12.4 Å². The van der Waals surface area contributed by atoms with Gasteiger partial charge in [-0.1, -0.05) is 17.6 Å². The van der Waals surface area contributed by atoms with Crippen molar-refractivity contribution in [3.63, 3.8) is 0 Å². The molecule has 0 atom stereocenters. The first-order valence-corrected chi connectivity index (χ1v) is 3.24. The van der Waals surface area contributed by atoms with Crippen molar-refractivity contribution in [1.82, 2.24) is 5.48 Å². The molecule has 0 saturated carbocycles. The van der Waals surface area contributed by atoms with Crippen LogP contribution in [0.1, 0.15) is 6.92 Å². The van der Waals surface area contributed by atoms with E-state index in [1.165, 1.54) is 0 Å². The fourth-order valence-electron chi connectivity index (χ4n) is 0.281. The molecule has 6 nitrogen and oxygen atoms in total. The molecule has 0 aliphatic rings. The van der Waals surface area contributed by atoms with Gasteiger partial charge in [0.25, 0.3) is 0 Å². The van der Waals surface area contributed by atoms with E-state index in [-0.39, 0.29) is 6.02 Å². The fourth-order valence-corrected chi connectivity index (χ4v) is 0.319. The van der Waals surface area contributed by atoms with Crippen molar-refractivity contribution in [1.29, 1.82) is 0 Å². The van der Waals surface area contributed by atoms with Crippen LogP contribution in [0.2, 0.25) is 0 Å². The molecule has 64 valence electrons. The fraction of sp³-hybridized carbons (Fsp3) is 0.500. The van der Waals surface area contributed by atoms with Gasteiger partial charge in [-0.2, -0.15) is 5.48 Å². The maximum absolute atomic E-state index is 10.1. The third-order valence-electron chi connectivity index (χ3n) is 0.570. The number of nitrogens with two attached hydrogens (primary N) is 1. The molecule has 0 aromatic heterocycles. The summed E-state index contributed by atoms with van der Waals surface area (Å²) >= 11 is 3.32. The van der Waals surface area contributed by atoms with Gasteiger partial charge in [0, 0.05) is 6.54 Å². The molecule has 0 fully saturated rings. The summed E-state index contributed by atoms with van der Waals surface area (Å²) in [7, 11) is 0. The van der Waals surface area contributed by atoms with Gasteiger partial charge in [-0.15, -0.1) is 0 Å². The SMILES string of the molecule is CCN=C(N)OONC(=O)S. The Hall–Kier alpha value is -0.950. The highest BCUT2D eigenvalue weighted by Gasteiger charge is 1.94. The van der Waals surface area contributed by atoms with Gasteiger partial charge in [0.15, 0.2) is 0 Å². The van der Waals surface area contributed by atoms with Crippen LogP contribution in [0.15, 0.2) is 4.99 Å². The topological polar surface area (TPSA) is 85.9 Å². The summed E-state index contributed by atoms with van der Waals surface area (Å²) in [4.78, 5) is 22.0. The Morgan fingerprint density at radius 3 is 2.91 bits per heavy atom. The van der Waals surface area contributed by atoms with Crippen molar-refractivity contribution in [2.24, 2.45) is 10.7 Å². The van der Waals surface area contributed by atoms with E-state index in [4.69, 9.17) is 5.73 Å². The lowest BCUT2D eigenvalue weighted by Crippen LogP contribution is -2.24. The number of nitrogens with zero attached hydrogens (tertiary/aromatic N) is 1. The number of amides is 1. The predicted molar refractivity (Wildman–Crippen MR) is 41.9 cm³/mol. The molecule has 0 unspecified atom stereocenters. The van der Waals surface area contributed by atoms with E-state index in [0.29, 0.717) is 6.54 Å². The van der Waals surface area contributed by atoms with Crippen LogP contribution in [0.5, 0.6) is 0 Å². The third kappa shape index (κ3) is 6.94. The molecule has 0 spiro atoms. The summed E-state index contributed by atoms with van der Waals surface area (Å²) in [5.74, 6) is 0. The zero-order valence-electron chi connectivity index (χ0n) is 5.90. The van der Waals surface area contributed by atoms with Crippen molar-refractivity contribution < 1.29 is 14.7 Å². The van der Waals surface area contributed by atoms with Gasteiger partial charge in [0.2, 0.25) is 0 Å². The molecule has 0 aromatic carbocycles. The Morgan fingerprint density at radius 2 is 2.45 bits per heavy atom. The standard InChI is InChI=1S/C4H9N3O3S/c1-2-6-3(5)9-10-7-4(8)11/h2H2,1H3,(H2,5,6)(H2,7,8,11). The molecule has 0 bridgehead atoms. The normalized spacial score (nSPS) is 10.9. The minimum absolute atomic E-state index is 0.158. The van der Waals surface area contributed by atoms with E-state index in [9.17, 15) is 4.79 Å². The second kappa shape index (κ2) is 5.81. The number of rotatable bonds is 3. The molecule has 0 radical (unpaired) electrons. The maximum atomic E-state index is 10.1. The summed E-state index contributed by atoms with van der Waals surface area (Å²) < 4.78 is 0. The van der Waals surface area contributed by atoms with Crippen molar-refractivity contribution in [2.75, 3.05) is 6.54 Å². The van der Waals surface area contributed by atoms with Gasteiger partial charge in [-0.25, -0.2) is 4.99 Å². The maximum Gasteiger partial charge on any atom is 0.322 e. The van der Waals surface area contributed by atoms with Crippen LogP contribution in [0.25, 0.3) is 0 Å². The number of nitrogens with one attached hydrogen (secondary N) is 1. The summed E-state index contributed by atoms with van der Waals surface area (Å²) in [5.41, 5.74) is 6.87. The minimum atomic E-state index is -0.686. The highest BCUT2D eigenvalue weighted by molar-refractivity contribution is 7.96.